The van der Waals surface area contributed by atoms with Crippen molar-refractivity contribution in [2.75, 3.05) is 13.1 Å². The summed E-state index contributed by atoms with van der Waals surface area (Å²) >= 11 is 0. The van der Waals surface area contributed by atoms with Crippen molar-refractivity contribution in [3.05, 3.63) is 24.6 Å². The zero-order chi connectivity index (χ0) is 14.2. The van der Waals surface area contributed by atoms with E-state index in [1.165, 1.54) is 19.5 Å². The summed E-state index contributed by atoms with van der Waals surface area (Å²) < 4.78 is 5.71. The van der Waals surface area contributed by atoms with Crippen molar-refractivity contribution in [3.63, 3.8) is 0 Å². The second kappa shape index (κ2) is 5.20. The zero-order valence-corrected chi connectivity index (χ0v) is 16.1. The van der Waals surface area contributed by atoms with Gasteiger partial charge in [0, 0.05) is 0 Å². The third-order valence-corrected chi connectivity index (χ3v) is 19.5. The van der Waals surface area contributed by atoms with Gasteiger partial charge in [-0.2, -0.15) is 0 Å². The smallest absolute Gasteiger partial charge is 0.187 e. The maximum absolute atomic E-state index is 4.10. The van der Waals surface area contributed by atoms with Crippen LogP contribution in [0.25, 0.3) is 0 Å². The molecule has 0 bridgehead atoms. The van der Waals surface area contributed by atoms with E-state index in [-0.39, 0.29) is 0 Å². The van der Waals surface area contributed by atoms with E-state index in [1.807, 2.05) is 0 Å². The van der Waals surface area contributed by atoms with Gasteiger partial charge >= 0.3 is 0 Å². The molecule has 1 heterocycles. The summed E-state index contributed by atoms with van der Waals surface area (Å²) in [5.41, 5.74) is 4.49. The second-order valence-corrected chi connectivity index (χ2v) is 20.3. The SMILES string of the molecule is C=C[Si](C)(C)N1CCCN([Si](C)(C)C=C)[Si]1(C)C. The fourth-order valence-corrected chi connectivity index (χ4v) is 19.8. The lowest BCUT2D eigenvalue weighted by Crippen LogP contribution is -2.76. The zero-order valence-electron chi connectivity index (χ0n) is 13.1. The number of hydrogen-bond acceptors (Lipinski definition) is 2. The fraction of sp³-hybridized carbons (Fsp3) is 0.692. The molecule has 0 amide bonds. The Morgan fingerprint density at radius 3 is 1.50 bits per heavy atom. The lowest BCUT2D eigenvalue weighted by Gasteiger charge is -2.58. The van der Waals surface area contributed by atoms with Crippen LogP contribution in [0.1, 0.15) is 6.42 Å². The van der Waals surface area contributed by atoms with Crippen molar-refractivity contribution >= 4 is 24.9 Å². The molecule has 0 atom stereocenters. The molecule has 0 spiro atoms. The highest BCUT2D eigenvalue weighted by atomic mass is 28.4. The molecule has 0 unspecified atom stereocenters. The quantitative estimate of drug-likeness (QED) is 0.732. The van der Waals surface area contributed by atoms with Gasteiger partial charge in [0.15, 0.2) is 8.40 Å². The van der Waals surface area contributed by atoms with Gasteiger partial charge in [0.2, 0.25) is 0 Å². The molecule has 5 heteroatoms. The van der Waals surface area contributed by atoms with Gasteiger partial charge in [-0.05, 0) is 32.6 Å². The molecule has 2 nitrogen and oxygen atoms in total. The molecule has 1 aliphatic rings. The highest BCUT2D eigenvalue weighted by Gasteiger charge is 2.49. The lowest BCUT2D eigenvalue weighted by molar-refractivity contribution is 0.421. The van der Waals surface area contributed by atoms with Crippen LogP contribution in [0.5, 0.6) is 0 Å². The summed E-state index contributed by atoms with van der Waals surface area (Å²) in [6.45, 7) is 25.5. The van der Waals surface area contributed by atoms with Gasteiger partial charge < -0.3 is 8.46 Å². The Kier molecular flexibility index (Phi) is 4.66. The maximum atomic E-state index is 4.10. The summed E-state index contributed by atoms with van der Waals surface area (Å²) in [4.78, 5) is 0. The van der Waals surface area contributed by atoms with E-state index in [0.29, 0.717) is 0 Å². The second-order valence-electron chi connectivity index (χ2n) is 6.87. The van der Waals surface area contributed by atoms with Gasteiger partial charge in [0.1, 0.15) is 16.5 Å². The highest BCUT2D eigenvalue weighted by Crippen LogP contribution is 2.31. The van der Waals surface area contributed by atoms with E-state index in [4.69, 9.17) is 0 Å². The minimum absolute atomic E-state index is 1.27. The maximum Gasteiger partial charge on any atom is 0.187 e. The minimum Gasteiger partial charge on any atom is -0.331 e. The van der Waals surface area contributed by atoms with Crippen molar-refractivity contribution < 1.29 is 0 Å². The van der Waals surface area contributed by atoms with Crippen molar-refractivity contribution in [3.8, 4) is 0 Å². The van der Waals surface area contributed by atoms with Crippen LogP contribution in [0, 0.1) is 0 Å². The van der Waals surface area contributed by atoms with Crippen LogP contribution >= 0.6 is 0 Å². The predicted molar refractivity (Wildman–Crippen MR) is 90.9 cm³/mol. The average Bonchev–Trinajstić information content (AvgIpc) is 2.27. The number of hydrogen-bond donors (Lipinski definition) is 0. The molecule has 1 rings (SSSR count). The summed E-state index contributed by atoms with van der Waals surface area (Å²) in [6, 6.07) is 0. The fourth-order valence-electron chi connectivity index (χ4n) is 3.29. The number of nitrogens with zero attached hydrogens (tertiary/aromatic N) is 2. The molecule has 1 fully saturated rings. The van der Waals surface area contributed by atoms with Crippen molar-refractivity contribution in [1.82, 2.24) is 8.46 Å². The van der Waals surface area contributed by atoms with E-state index < -0.39 is 24.9 Å². The van der Waals surface area contributed by atoms with Crippen LogP contribution < -0.4 is 0 Å². The largest absolute Gasteiger partial charge is 0.331 e. The van der Waals surface area contributed by atoms with E-state index in [1.54, 1.807) is 0 Å². The Morgan fingerprint density at radius 1 is 0.889 bits per heavy atom. The highest BCUT2D eigenvalue weighted by molar-refractivity contribution is 6.98. The van der Waals surface area contributed by atoms with Crippen LogP contribution in [0.4, 0.5) is 0 Å². The summed E-state index contributed by atoms with van der Waals surface area (Å²) in [7, 11) is -4.39. The van der Waals surface area contributed by atoms with Gasteiger partial charge in [-0.25, -0.2) is 0 Å². The molecular weight excluding hydrogens is 268 g/mol. The van der Waals surface area contributed by atoms with E-state index >= 15 is 0 Å². The van der Waals surface area contributed by atoms with Crippen molar-refractivity contribution in [2.24, 2.45) is 0 Å². The van der Waals surface area contributed by atoms with Gasteiger partial charge in [-0.15, -0.1) is 13.2 Å². The Morgan fingerprint density at radius 2 is 1.22 bits per heavy atom. The molecule has 1 aliphatic heterocycles. The lowest BCUT2D eigenvalue weighted by atomic mass is 10.4. The molecule has 1 saturated heterocycles. The van der Waals surface area contributed by atoms with Crippen LogP contribution in [0.15, 0.2) is 24.6 Å². The third kappa shape index (κ3) is 2.80. The average molecular weight is 299 g/mol. The van der Waals surface area contributed by atoms with Gasteiger partial charge in [0.05, 0.1) is 0 Å². The first-order chi connectivity index (χ1) is 8.09. The summed E-state index contributed by atoms with van der Waals surface area (Å²) in [5.74, 6) is 0. The van der Waals surface area contributed by atoms with Crippen LogP contribution in [-0.4, -0.2) is 46.4 Å². The van der Waals surface area contributed by atoms with E-state index in [0.717, 1.165) is 0 Å². The van der Waals surface area contributed by atoms with Crippen LogP contribution in [0.3, 0.4) is 0 Å². The Hall–Kier alpha value is 0.0506. The molecule has 0 N–H and O–H groups in total. The molecule has 0 aromatic rings. The molecule has 0 radical (unpaired) electrons. The first-order valence-electron chi connectivity index (χ1n) is 6.92. The van der Waals surface area contributed by atoms with Crippen molar-refractivity contribution in [2.45, 2.75) is 45.7 Å². The predicted octanol–water partition coefficient (Wildman–Crippen LogP) is 3.56. The monoisotopic (exact) mass is 298 g/mol. The first-order valence-corrected chi connectivity index (χ1v) is 15.9. The van der Waals surface area contributed by atoms with Gasteiger partial charge in [0.25, 0.3) is 0 Å². The van der Waals surface area contributed by atoms with Crippen molar-refractivity contribution in [1.29, 1.82) is 0 Å². The Bertz CT molecular complexity index is 307. The third-order valence-electron chi connectivity index (χ3n) is 4.47. The summed E-state index contributed by atoms with van der Waals surface area (Å²) in [5, 5.41) is 0. The molecule has 18 heavy (non-hydrogen) atoms. The minimum atomic E-state index is -1.51. The molecule has 0 saturated carbocycles. The van der Waals surface area contributed by atoms with Gasteiger partial charge in [-0.1, -0.05) is 37.6 Å². The van der Waals surface area contributed by atoms with Crippen LogP contribution in [0.2, 0.25) is 39.3 Å². The first kappa shape index (κ1) is 16.1. The topological polar surface area (TPSA) is 6.48 Å². The standard InChI is InChI=1S/C13H30N2Si3/c1-9-16(3,4)14-12-11-13-15(18(14,7)8)17(5,6)10-2/h9-10H,1-2,11-13H2,3-8H3. The molecule has 0 aromatic carbocycles. The molecule has 104 valence electrons. The normalized spacial score (nSPS) is 22.8. The Balaban J connectivity index is 3.13. The number of rotatable bonds is 4. The molecular formula is C13H30N2Si3. The van der Waals surface area contributed by atoms with Gasteiger partial charge in [-0.3, -0.25) is 0 Å². The Labute approximate surface area is 117 Å². The molecule has 0 aromatic heterocycles. The van der Waals surface area contributed by atoms with E-state index in [9.17, 15) is 0 Å². The molecule has 0 aliphatic carbocycles. The van der Waals surface area contributed by atoms with Crippen LogP contribution in [-0.2, 0) is 0 Å². The summed E-state index contributed by atoms with van der Waals surface area (Å²) in [6.07, 6.45) is 1.30. The van der Waals surface area contributed by atoms with E-state index in [2.05, 4.69) is 72.3 Å².